The molecule has 0 bridgehead atoms. The van der Waals surface area contributed by atoms with Crippen LogP contribution in [-0.4, -0.2) is 15.0 Å². The molecule has 3 aromatic rings. The Bertz CT molecular complexity index is 1040. The fraction of sp³-hybridized carbons (Fsp3) is 0.0625. The van der Waals surface area contributed by atoms with E-state index in [0.717, 1.165) is 4.57 Å². The lowest BCUT2D eigenvalue weighted by Gasteiger charge is -2.13. The predicted octanol–water partition coefficient (Wildman–Crippen LogP) is 1.29. The van der Waals surface area contributed by atoms with Gasteiger partial charge in [-0.3, -0.25) is 14.2 Å². The largest absolute Gasteiger partial charge is 0.368 e. The van der Waals surface area contributed by atoms with Gasteiger partial charge in [-0.2, -0.15) is 0 Å². The third kappa shape index (κ3) is 2.53. The van der Waals surface area contributed by atoms with Crippen LogP contribution in [0.2, 0.25) is 5.02 Å². The number of aromatic nitrogens is 2. The number of amides is 1. The van der Waals surface area contributed by atoms with E-state index in [1.165, 1.54) is 4.57 Å². The number of carbonyl (C=O) groups is 1. The van der Waals surface area contributed by atoms with Gasteiger partial charge in [0.05, 0.1) is 21.6 Å². The summed E-state index contributed by atoms with van der Waals surface area (Å²) in [5.41, 5.74) is 4.67. The molecule has 6 nitrogen and oxygen atoms in total. The Kier molecular flexibility index (Phi) is 3.75. The molecule has 0 aliphatic heterocycles. The Morgan fingerprint density at radius 1 is 1.04 bits per heavy atom. The van der Waals surface area contributed by atoms with E-state index in [4.69, 9.17) is 17.3 Å². The molecule has 7 heteroatoms. The minimum atomic E-state index is -0.679. The Hall–Kier alpha value is -2.86. The van der Waals surface area contributed by atoms with Crippen LogP contribution in [0.5, 0.6) is 0 Å². The maximum atomic E-state index is 12.8. The summed E-state index contributed by atoms with van der Waals surface area (Å²) in [5.74, 6) is -0.679. The zero-order valence-electron chi connectivity index (χ0n) is 11.9. The van der Waals surface area contributed by atoms with Crippen LogP contribution in [-0.2, 0) is 11.3 Å². The van der Waals surface area contributed by atoms with Crippen LogP contribution in [0.1, 0.15) is 0 Å². The quantitative estimate of drug-likeness (QED) is 0.785. The van der Waals surface area contributed by atoms with Crippen molar-refractivity contribution < 1.29 is 4.79 Å². The molecule has 0 saturated carbocycles. The molecule has 0 radical (unpaired) electrons. The smallest absolute Gasteiger partial charge is 0.336 e. The van der Waals surface area contributed by atoms with Crippen molar-refractivity contribution in [2.45, 2.75) is 6.54 Å². The highest BCUT2D eigenvalue weighted by atomic mass is 35.5. The van der Waals surface area contributed by atoms with Crippen LogP contribution in [0.4, 0.5) is 0 Å². The van der Waals surface area contributed by atoms with E-state index in [1.54, 1.807) is 48.5 Å². The number of para-hydroxylation sites is 2. The van der Waals surface area contributed by atoms with E-state index < -0.39 is 17.2 Å². The normalized spacial score (nSPS) is 10.8. The Balaban J connectivity index is 2.49. The molecular weight excluding hydrogens is 318 g/mol. The molecule has 0 atom stereocenters. The minimum absolute atomic E-state index is 0.257. The molecule has 0 aliphatic rings. The number of carbonyl (C=O) groups excluding carboxylic acids is 1. The zero-order chi connectivity index (χ0) is 16.6. The maximum Gasteiger partial charge on any atom is 0.336 e. The lowest BCUT2D eigenvalue weighted by molar-refractivity contribution is -0.118. The monoisotopic (exact) mass is 329 g/mol. The van der Waals surface area contributed by atoms with Gasteiger partial charge < -0.3 is 5.73 Å². The molecule has 3 rings (SSSR count). The molecule has 2 N–H and O–H groups in total. The molecule has 2 aromatic carbocycles. The molecule has 0 spiro atoms. The third-order valence-electron chi connectivity index (χ3n) is 3.46. The van der Waals surface area contributed by atoms with Gasteiger partial charge in [-0.1, -0.05) is 35.9 Å². The number of nitrogens with zero attached hydrogens (tertiary/aromatic N) is 2. The molecule has 1 amide bonds. The topological polar surface area (TPSA) is 87.1 Å². The van der Waals surface area contributed by atoms with Crippen molar-refractivity contribution in [2.24, 2.45) is 5.73 Å². The van der Waals surface area contributed by atoms with Crippen molar-refractivity contribution in [3.05, 3.63) is 74.4 Å². The Morgan fingerprint density at radius 2 is 1.70 bits per heavy atom. The number of rotatable bonds is 3. The minimum Gasteiger partial charge on any atom is -0.368 e. The van der Waals surface area contributed by atoms with Crippen molar-refractivity contribution in [3.8, 4) is 5.69 Å². The lowest BCUT2D eigenvalue weighted by Crippen LogP contribution is -2.41. The van der Waals surface area contributed by atoms with Gasteiger partial charge >= 0.3 is 5.69 Å². The highest BCUT2D eigenvalue weighted by molar-refractivity contribution is 6.32. The number of halogens is 1. The van der Waals surface area contributed by atoms with Gasteiger partial charge in [-0.15, -0.1) is 0 Å². The maximum absolute atomic E-state index is 12.8. The molecule has 0 unspecified atom stereocenters. The number of hydrogen-bond acceptors (Lipinski definition) is 3. The summed E-state index contributed by atoms with van der Waals surface area (Å²) in [6.07, 6.45) is 0. The summed E-state index contributed by atoms with van der Waals surface area (Å²) >= 11 is 6.11. The number of benzene rings is 2. The summed E-state index contributed by atoms with van der Waals surface area (Å²) < 4.78 is 2.12. The zero-order valence-corrected chi connectivity index (χ0v) is 12.7. The summed E-state index contributed by atoms with van der Waals surface area (Å²) in [7, 11) is 0. The predicted molar refractivity (Wildman–Crippen MR) is 88.0 cm³/mol. The first-order valence-electron chi connectivity index (χ1n) is 6.78. The van der Waals surface area contributed by atoms with Gasteiger partial charge in [-0.25, -0.2) is 9.36 Å². The standard InChI is InChI=1S/C16H12ClN3O3/c17-11-6-2-4-8-13(11)20-15(22)10-5-1-3-7-12(10)19(16(20)23)9-14(18)21/h1-8H,9H2,(H2,18,21). The third-order valence-corrected chi connectivity index (χ3v) is 3.78. The summed E-state index contributed by atoms with van der Waals surface area (Å²) in [5, 5.41) is 0.556. The molecule has 1 heterocycles. The van der Waals surface area contributed by atoms with Gasteiger partial charge in [0, 0.05) is 0 Å². The van der Waals surface area contributed by atoms with E-state index in [-0.39, 0.29) is 17.3 Å². The SMILES string of the molecule is NC(=O)Cn1c(=O)n(-c2ccccc2Cl)c(=O)c2ccccc21. The van der Waals surface area contributed by atoms with Gasteiger partial charge in [-0.05, 0) is 24.3 Å². The fourth-order valence-corrected chi connectivity index (χ4v) is 2.70. The average Bonchev–Trinajstić information content (AvgIpc) is 2.53. The number of hydrogen-bond donors (Lipinski definition) is 1. The van der Waals surface area contributed by atoms with E-state index in [2.05, 4.69) is 0 Å². The highest BCUT2D eigenvalue weighted by Crippen LogP contribution is 2.18. The second kappa shape index (κ2) is 5.73. The van der Waals surface area contributed by atoms with Gasteiger partial charge in [0.15, 0.2) is 0 Å². The van der Waals surface area contributed by atoms with Crippen LogP contribution in [0.15, 0.2) is 58.1 Å². The van der Waals surface area contributed by atoms with E-state index in [9.17, 15) is 14.4 Å². The van der Waals surface area contributed by atoms with E-state index in [1.807, 2.05) is 0 Å². The van der Waals surface area contributed by atoms with Crippen LogP contribution >= 0.6 is 11.6 Å². The Morgan fingerprint density at radius 3 is 2.39 bits per heavy atom. The lowest BCUT2D eigenvalue weighted by atomic mass is 10.2. The van der Waals surface area contributed by atoms with E-state index >= 15 is 0 Å². The fourth-order valence-electron chi connectivity index (χ4n) is 2.48. The molecule has 0 saturated heterocycles. The molecule has 1 aromatic heterocycles. The van der Waals surface area contributed by atoms with Gasteiger partial charge in [0.25, 0.3) is 5.56 Å². The number of fused-ring (bicyclic) bond motifs is 1. The van der Waals surface area contributed by atoms with Crippen LogP contribution in [0, 0.1) is 0 Å². The summed E-state index contributed by atoms with van der Waals surface area (Å²) in [4.78, 5) is 36.8. The number of primary amides is 1. The first-order valence-corrected chi connectivity index (χ1v) is 7.16. The van der Waals surface area contributed by atoms with E-state index in [0.29, 0.717) is 10.9 Å². The second-order valence-electron chi connectivity index (χ2n) is 4.94. The van der Waals surface area contributed by atoms with Crippen LogP contribution in [0.25, 0.3) is 16.6 Å². The Labute approximate surface area is 135 Å². The highest BCUT2D eigenvalue weighted by Gasteiger charge is 2.16. The summed E-state index contributed by atoms with van der Waals surface area (Å²) in [6.45, 7) is -0.329. The van der Waals surface area contributed by atoms with Gasteiger partial charge in [0.2, 0.25) is 5.91 Å². The van der Waals surface area contributed by atoms with Crippen molar-refractivity contribution >= 4 is 28.4 Å². The molecular formula is C16H12ClN3O3. The first kappa shape index (κ1) is 15.1. The molecule has 116 valence electrons. The van der Waals surface area contributed by atoms with Crippen molar-refractivity contribution in [1.82, 2.24) is 9.13 Å². The average molecular weight is 330 g/mol. The van der Waals surface area contributed by atoms with Crippen LogP contribution < -0.4 is 17.0 Å². The van der Waals surface area contributed by atoms with Crippen molar-refractivity contribution in [3.63, 3.8) is 0 Å². The molecule has 23 heavy (non-hydrogen) atoms. The number of nitrogens with two attached hydrogens (primary N) is 1. The molecule has 0 fully saturated rings. The van der Waals surface area contributed by atoms with Crippen molar-refractivity contribution in [1.29, 1.82) is 0 Å². The molecule has 0 aliphatic carbocycles. The van der Waals surface area contributed by atoms with Crippen molar-refractivity contribution in [2.75, 3.05) is 0 Å². The first-order chi connectivity index (χ1) is 11.0. The van der Waals surface area contributed by atoms with Gasteiger partial charge in [0.1, 0.15) is 6.54 Å². The second-order valence-corrected chi connectivity index (χ2v) is 5.35. The summed E-state index contributed by atoms with van der Waals surface area (Å²) in [6, 6.07) is 13.0. The van der Waals surface area contributed by atoms with Crippen LogP contribution in [0.3, 0.4) is 0 Å².